The van der Waals surface area contributed by atoms with Crippen molar-refractivity contribution in [2.45, 2.75) is 6.42 Å². The molecule has 0 bridgehead atoms. The molecule has 3 aromatic carbocycles. The molecule has 0 unspecified atom stereocenters. The minimum absolute atomic E-state index is 0.0852. The largest absolute Gasteiger partial charge is 0.379 e. The average molecular weight is 543 g/mol. The van der Waals surface area contributed by atoms with Crippen molar-refractivity contribution in [3.8, 4) is 11.3 Å². The lowest BCUT2D eigenvalue weighted by Gasteiger charge is -2.28. The molecule has 0 radical (unpaired) electrons. The van der Waals surface area contributed by atoms with Crippen LogP contribution in [0.5, 0.6) is 0 Å². The summed E-state index contributed by atoms with van der Waals surface area (Å²) in [5.74, 6) is -0.0852. The van der Waals surface area contributed by atoms with E-state index < -0.39 is 0 Å². The van der Waals surface area contributed by atoms with E-state index in [1.165, 1.54) is 11.3 Å². The van der Waals surface area contributed by atoms with Crippen molar-refractivity contribution >= 4 is 55.1 Å². The highest BCUT2D eigenvalue weighted by molar-refractivity contribution is 7.22. The first-order valence-electron chi connectivity index (χ1n) is 12.8. The number of aromatic nitrogens is 2. The highest BCUT2D eigenvalue weighted by Gasteiger charge is 2.25. The summed E-state index contributed by atoms with van der Waals surface area (Å²) in [7, 11) is 0. The Kier molecular flexibility index (Phi) is 7.33. The van der Waals surface area contributed by atoms with E-state index in [9.17, 15) is 4.79 Å². The molecule has 0 saturated carbocycles. The predicted molar refractivity (Wildman–Crippen MR) is 155 cm³/mol. The van der Waals surface area contributed by atoms with E-state index in [2.05, 4.69) is 4.90 Å². The number of ether oxygens (including phenoxy) is 1. The number of morpholine rings is 1. The van der Waals surface area contributed by atoms with Gasteiger partial charge in [-0.1, -0.05) is 77.5 Å². The van der Waals surface area contributed by atoms with Crippen molar-refractivity contribution in [2.75, 3.05) is 44.3 Å². The Morgan fingerprint density at radius 3 is 2.58 bits per heavy atom. The van der Waals surface area contributed by atoms with Gasteiger partial charge in [0, 0.05) is 37.1 Å². The lowest BCUT2D eigenvalue weighted by atomic mass is 10.0. The number of carbonyl (C=O) groups is 1. The highest BCUT2D eigenvalue weighted by Crippen LogP contribution is 2.34. The third-order valence-corrected chi connectivity index (χ3v) is 8.16. The van der Waals surface area contributed by atoms with Crippen LogP contribution in [-0.2, 0) is 4.74 Å². The van der Waals surface area contributed by atoms with Crippen molar-refractivity contribution in [2.24, 2.45) is 0 Å². The summed E-state index contributed by atoms with van der Waals surface area (Å²) in [6.45, 7) is 4.78. The maximum absolute atomic E-state index is 14.4. The van der Waals surface area contributed by atoms with E-state index in [0.717, 1.165) is 71.6 Å². The third-order valence-electron chi connectivity index (χ3n) is 6.81. The summed E-state index contributed by atoms with van der Waals surface area (Å²) in [5.41, 5.74) is 3.87. The lowest BCUT2D eigenvalue weighted by molar-refractivity contribution is 0.0376. The van der Waals surface area contributed by atoms with Gasteiger partial charge in [-0.3, -0.25) is 14.6 Å². The maximum atomic E-state index is 14.4. The van der Waals surface area contributed by atoms with Crippen LogP contribution < -0.4 is 4.90 Å². The van der Waals surface area contributed by atoms with Crippen LogP contribution in [0.25, 0.3) is 32.4 Å². The number of carbonyl (C=O) groups excluding carboxylic acids is 1. The molecule has 1 fully saturated rings. The average Bonchev–Trinajstić information content (AvgIpc) is 3.41. The molecule has 192 valence electrons. The van der Waals surface area contributed by atoms with Crippen molar-refractivity contribution < 1.29 is 9.53 Å². The lowest BCUT2D eigenvalue weighted by Crippen LogP contribution is -2.39. The normalized spacial score (nSPS) is 14.2. The smallest absolute Gasteiger partial charge is 0.260 e. The minimum atomic E-state index is -0.0852. The molecular formula is C30H27ClN4O2S. The van der Waals surface area contributed by atoms with E-state index in [4.69, 9.17) is 26.3 Å². The maximum Gasteiger partial charge on any atom is 0.260 e. The fraction of sp³-hybridized carbons (Fsp3) is 0.233. The topological polar surface area (TPSA) is 58.6 Å². The van der Waals surface area contributed by atoms with Gasteiger partial charge < -0.3 is 4.74 Å². The molecular weight excluding hydrogens is 516 g/mol. The van der Waals surface area contributed by atoms with E-state index in [1.54, 1.807) is 0 Å². The number of benzene rings is 3. The molecule has 6 nitrogen and oxygen atoms in total. The Morgan fingerprint density at radius 1 is 0.974 bits per heavy atom. The monoisotopic (exact) mass is 542 g/mol. The summed E-state index contributed by atoms with van der Waals surface area (Å²) < 4.78 is 6.45. The van der Waals surface area contributed by atoms with Crippen LogP contribution >= 0.6 is 22.9 Å². The van der Waals surface area contributed by atoms with Crippen LogP contribution in [0, 0.1) is 0 Å². The standard InChI is InChI=1S/C30H27ClN4O2S/c31-24-11-6-13-27-28(24)33-30(38-27)35(15-7-14-34-16-18-37-19-17-34)29(36)23-20-26(21-8-2-1-3-9-21)32-25-12-5-4-10-22(23)25/h1-6,8-13,20H,7,14-19H2. The van der Waals surface area contributed by atoms with Gasteiger partial charge in [-0.2, -0.15) is 0 Å². The number of pyridine rings is 1. The van der Waals surface area contributed by atoms with E-state index in [0.29, 0.717) is 22.3 Å². The number of nitrogens with zero attached hydrogens (tertiary/aromatic N) is 4. The molecule has 2 aromatic heterocycles. The fourth-order valence-electron chi connectivity index (χ4n) is 4.83. The fourth-order valence-corrected chi connectivity index (χ4v) is 6.12. The zero-order chi connectivity index (χ0) is 25.9. The van der Waals surface area contributed by atoms with Crippen LogP contribution in [0.3, 0.4) is 0 Å². The number of thiazole rings is 1. The van der Waals surface area contributed by atoms with E-state index in [-0.39, 0.29) is 5.91 Å². The second kappa shape index (κ2) is 11.2. The van der Waals surface area contributed by atoms with Gasteiger partial charge in [0.15, 0.2) is 5.13 Å². The molecule has 0 N–H and O–H groups in total. The van der Waals surface area contributed by atoms with Gasteiger partial charge in [-0.05, 0) is 30.7 Å². The van der Waals surface area contributed by atoms with Crippen LogP contribution in [0.4, 0.5) is 5.13 Å². The van der Waals surface area contributed by atoms with Crippen LogP contribution in [0.15, 0.2) is 78.9 Å². The van der Waals surface area contributed by atoms with Crippen LogP contribution in [0.1, 0.15) is 16.8 Å². The number of rotatable bonds is 7. The number of fused-ring (bicyclic) bond motifs is 2. The third kappa shape index (κ3) is 5.15. The number of amides is 1. The zero-order valence-electron chi connectivity index (χ0n) is 20.8. The summed E-state index contributed by atoms with van der Waals surface area (Å²) >= 11 is 7.95. The number of para-hydroxylation sites is 2. The second-order valence-corrected chi connectivity index (χ2v) is 10.7. The summed E-state index contributed by atoms with van der Waals surface area (Å²) in [6, 6.07) is 25.4. The molecule has 38 heavy (non-hydrogen) atoms. The molecule has 0 atom stereocenters. The van der Waals surface area contributed by atoms with Crippen molar-refractivity contribution in [3.05, 3.63) is 89.4 Å². The molecule has 3 heterocycles. The molecule has 0 aliphatic carbocycles. The van der Waals surface area contributed by atoms with E-state index >= 15 is 0 Å². The number of halogens is 1. The zero-order valence-corrected chi connectivity index (χ0v) is 22.4. The van der Waals surface area contributed by atoms with Crippen molar-refractivity contribution in [1.29, 1.82) is 0 Å². The number of anilines is 1. The molecule has 8 heteroatoms. The molecule has 1 aliphatic heterocycles. The first-order valence-corrected chi connectivity index (χ1v) is 14.0. The van der Waals surface area contributed by atoms with Gasteiger partial charge in [-0.15, -0.1) is 0 Å². The molecule has 1 saturated heterocycles. The Bertz CT molecular complexity index is 1580. The summed E-state index contributed by atoms with van der Waals surface area (Å²) in [5, 5.41) is 2.07. The molecule has 0 spiro atoms. The SMILES string of the molecule is O=C(c1cc(-c2ccccc2)nc2ccccc12)N(CCCN1CCOCC1)c1nc2c(Cl)cccc2s1. The Balaban J connectivity index is 1.40. The van der Waals surface area contributed by atoms with Crippen LogP contribution in [-0.4, -0.2) is 60.2 Å². The van der Waals surface area contributed by atoms with Gasteiger partial charge in [0.05, 0.1) is 39.7 Å². The predicted octanol–water partition coefficient (Wildman–Crippen LogP) is 6.53. The first-order chi connectivity index (χ1) is 18.7. The number of hydrogen-bond donors (Lipinski definition) is 0. The van der Waals surface area contributed by atoms with Gasteiger partial charge in [0.2, 0.25) is 0 Å². The van der Waals surface area contributed by atoms with Crippen molar-refractivity contribution in [1.82, 2.24) is 14.9 Å². The minimum Gasteiger partial charge on any atom is -0.379 e. The Hall–Kier alpha value is -3.36. The molecule has 1 amide bonds. The van der Waals surface area contributed by atoms with Crippen LogP contribution in [0.2, 0.25) is 5.02 Å². The quantitative estimate of drug-likeness (QED) is 0.234. The molecule has 1 aliphatic rings. The van der Waals surface area contributed by atoms with Gasteiger partial charge in [0.1, 0.15) is 5.52 Å². The van der Waals surface area contributed by atoms with Gasteiger partial charge in [-0.25, -0.2) is 9.97 Å². The Labute approximate surface area is 230 Å². The highest BCUT2D eigenvalue weighted by atomic mass is 35.5. The molecule has 6 rings (SSSR count). The Morgan fingerprint density at radius 2 is 1.76 bits per heavy atom. The van der Waals surface area contributed by atoms with E-state index in [1.807, 2.05) is 83.8 Å². The second-order valence-electron chi connectivity index (χ2n) is 9.29. The number of hydrogen-bond acceptors (Lipinski definition) is 6. The van der Waals surface area contributed by atoms with Gasteiger partial charge in [0.25, 0.3) is 5.91 Å². The molecule has 5 aromatic rings. The van der Waals surface area contributed by atoms with Crippen molar-refractivity contribution in [3.63, 3.8) is 0 Å². The summed E-state index contributed by atoms with van der Waals surface area (Å²) in [6.07, 6.45) is 0.823. The first kappa shape index (κ1) is 24.9. The van der Waals surface area contributed by atoms with Gasteiger partial charge >= 0.3 is 0 Å². The summed E-state index contributed by atoms with van der Waals surface area (Å²) in [4.78, 5) is 28.3.